The highest BCUT2D eigenvalue weighted by Crippen LogP contribution is 2.33. The molecule has 0 unspecified atom stereocenters. The fourth-order valence-corrected chi connectivity index (χ4v) is 5.10. The second-order valence-electron chi connectivity index (χ2n) is 9.90. The SMILES string of the molecule is CC(C)c1c(C(=O)NCc2cccnc2)c2ccc(C(=O)NN3CCCC3)cc2n1Cc1ccccc1. The van der Waals surface area contributed by atoms with Gasteiger partial charge in [0.15, 0.2) is 0 Å². The Morgan fingerprint density at radius 1 is 0.946 bits per heavy atom. The molecule has 1 fully saturated rings. The van der Waals surface area contributed by atoms with E-state index in [9.17, 15) is 9.59 Å². The summed E-state index contributed by atoms with van der Waals surface area (Å²) in [6.07, 6.45) is 5.66. The zero-order chi connectivity index (χ0) is 25.8. The molecule has 0 saturated carbocycles. The third-order valence-corrected chi connectivity index (χ3v) is 6.87. The number of nitrogens with zero attached hydrogens (tertiary/aromatic N) is 3. The van der Waals surface area contributed by atoms with E-state index in [2.05, 4.69) is 46.3 Å². The number of benzene rings is 2. The van der Waals surface area contributed by atoms with E-state index in [1.54, 1.807) is 12.4 Å². The van der Waals surface area contributed by atoms with Gasteiger partial charge in [0, 0.05) is 55.2 Å². The van der Waals surface area contributed by atoms with Crippen LogP contribution >= 0.6 is 0 Å². The monoisotopic (exact) mass is 495 g/mol. The van der Waals surface area contributed by atoms with Crippen LogP contribution in [0.1, 0.15) is 70.1 Å². The smallest absolute Gasteiger partial charge is 0.265 e. The summed E-state index contributed by atoms with van der Waals surface area (Å²) in [6.45, 7) is 6.96. The summed E-state index contributed by atoms with van der Waals surface area (Å²) < 4.78 is 2.20. The van der Waals surface area contributed by atoms with Gasteiger partial charge in [0.2, 0.25) is 0 Å². The molecule has 4 aromatic rings. The summed E-state index contributed by atoms with van der Waals surface area (Å²) in [7, 11) is 0. The number of carbonyl (C=O) groups excluding carboxylic acids is 2. The van der Waals surface area contributed by atoms with Crippen LogP contribution in [0.5, 0.6) is 0 Å². The minimum atomic E-state index is -0.126. The number of aromatic nitrogens is 2. The molecule has 0 aliphatic carbocycles. The molecule has 1 saturated heterocycles. The molecule has 1 aliphatic rings. The standard InChI is InChI=1S/C30H33N5O2/c1-21(2)28-27(30(37)32-19-23-11-8-14-31-18-23)25-13-12-24(29(36)33-34-15-6-7-16-34)17-26(25)35(28)20-22-9-4-3-5-10-22/h3-5,8-14,17-18,21H,6-7,15-16,19-20H2,1-2H3,(H,32,37)(H,33,36). The Bertz CT molecular complexity index is 1390. The van der Waals surface area contributed by atoms with E-state index < -0.39 is 0 Å². The minimum Gasteiger partial charge on any atom is -0.348 e. The van der Waals surface area contributed by atoms with E-state index in [-0.39, 0.29) is 17.7 Å². The second kappa shape index (κ2) is 11.0. The van der Waals surface area contributed by atoms with Crippen LogP contribution in [0.3, 0.4) is 0 Å². The topological polar surface area (TPSA) is 79.3 Å². The van der Waals surface area contributed by atoms with Crippen molar-refractivity contribution in [3.63, 3.8) is 0 Å². The quantitative estimate of drug-likeness (QED) is 0.365. The molecule has 7 nitrogen and oxygen atoms in total. The molecule has 190 valence electrons. The molecule has 7 heteroatoms. The van der Waals surface area contributed by atoms with Crippen molar-refractivity contribution in [2.75, 3.05) is 13.1 Å². The maximum atomic E-state index is 13.6. The van der Waals surface area contributed by atoms with Crippen LogP contribution < -0.4 is 10.7 Å². The summed E-state index contributed by atoms with van der Waals surface area (Å²) in [4.78, 5) is 30.9. The number of nitrogens with one attached hydrogen (secondary N) is 2. The first-order chi connectivity index (χ1) is 18.0. The van der Waals surface area contributed by atoms with Crippen molar-refractivity contribution < 1.29 is 9.59 Å². The van der Waals surface area contributed by atoms with Crippen LogP contribution in [-0.2, 0) is 13.1 Å². The van der Waals surface area contributed by atoms with Gasteiger partial charge in [-0.05, 0) is 48.1 Å². The first-order valence-electron chi connectivity index (χ1n) is 12.9. The summed E-state index contributed by atoms with van der Waals surface area (Å²) >= 11 is 0. The van der Waals surface area contributed by atoms with Crippen LogP contribution in [0.4, 0.5) is 0 Å². The second-order valence-corrected chi connectivity index (χ2v) is 9.90. The van der Waals surface area contributed by atoms with Gasteiger partial charge in [0.1, 0.15) is 0 Å². The van der Waals surface area contributed by atoms with Gasteiger partial charge in [-0.25, -0.2) is 5.01 Å². The van der Waals surface area contributed by atoms with E-state index in [4.69, 9.17) is 0 Å². The fourth-order valence-electron chi connectivity index (χ4n) is 5.10. The molecule has 0 radical (unpaired) electrons. The lowest BCUT2D eigenvalue weighted by Crippen LogP contribution is -2.39. The predicted molar refractivity (Wildman–Crippen MR) is 145 cm³/mol. The Kier molecular flexibility index (Phi) is 7.32. The zero-order valence-electron chi connectivity index (χ0n) is 21.4. The van der Waals surface area contributed by atoms with Crippen molar-refractivity contribution in [2.45, 2.75) is 45.7 Å². The van der Waals surface area contributed by atoms with Crippen molar-refractivity contribution in [3.8, 4) is 0 Å². The molecule has 1 aliphatic heterocycles. The molecule has 0 bridgehead atoms. The molecule has 37 heavy (non-hydrogen) atoms. The molecule has 5 rings (SSSR count). The van der Waals surface area contributed by atoms with E-state index in [1.807, 2.05) is 53.5 Å². The number of hydrazine groups is 1. The van der Waals surface area contributed by atoms with E-state index >= 15 is 0 Å². The highest BCUT2D eigenvalue weighted by Gasteiger charge is 2.26. The van der Waals surface area contributed by atoms with Gasteiger partial charge in [0.25, 0.3) is 11.8 Å². The molecule has 0 spiro atoms. The lowest BCUT2D eigenvalue weighted by molar-refractivity contribution is 0.0825. The Hall–Kier alpha value is -3.97. The normalized spacial score (nSPS) is 13.8. The lowest BCUT2D eigenvalue weighted by Gasteiger charge is -2.17. The number of rotatable bonds is 8. The molecule has 2 aromatic heterocycles. The van der Waals surface area contributed by atoms with Crippen molar-refractivity contribution in [3.05, 3.63) is 101 Å². The average molecular weight is 496 g/mol. The largest absolute Gasteiger partial charge is 0.348 e. The molecule has 2 amide bonds. The number of amides is 2. The molecular weight excluding hydrogens is 462 g/mol. The summed E-state index contributed by atoms with van der Waals surface area (Å²) in [5.74, 6) is -0.152. The average Bonchev–Trinajstić information content (AvgIpc) is 3.54. The van der Waals surface area contributed by atoms with Gasteiger partial charge >= 0.3 is 0 Å². The van der Waals surface area contributed by atoms with Gasteiger partial charge < -0.3 is 9.88 Å². The highest BCUT2D eigenvalue weighted by atomic mass is 16.2. The van der Waals surface area contributed by atoms with E-state index in [0.29, 0.717) is 24.2 Å². The van der Waals surface area contributed by atoms with Crippen LogP contribution in [-0.4, -0.2) is 39.5 Å². The highest BCUT2D eigenvalue weighted by molar-refractivity contribution is 6.10. The number of hydrogen-bond acceptors (Lipinski definition) is 4. The Morgan fingerprint density at radius 2 is 1.70 bits per heavy atom. The summed E-state index contributed by atoms with van der Waals surface area (Å²) in [5, 5.41) is 5.91. The minimum absolute atomic E-state index is 0.0946. The van der Waals surface area contributed by atoms with Crippen LogP contribution in [0.2, 0.25) is 0 Å². The van der Waals surface area contributed by atoms with Gasteiger partial charge in [-0.15, -0.1) is 0 Å². The fraction of sp³-hybridized carbons (Fsp3) is 0.300. The van der Waals surface area contributed by atoms with Gasteiger partial charge in [-0.1, -0.05) is 56.3 Å². The third-order valence-electron chi connectivity index (χ3n) is 6.87. The lowest BCUT2D eigenvalue weighted by atomic mass is 10.0. The van der Waals surface area contributed by atoms with E-state index in [1.165, 1.54) is 0 Å². The zero-order valence-corrected chi connectivity index (χ0v) is 21.4. The summed E-state index contributed by atoms with van der Waals surface area (Å²) in [6, 6.07) is 19.7. The van der Waals surface area contributed by atoms with Crippen molar-refractivity contribution in [1.82, 2.24) is 25.3 Å². The number of hydrogen-bond donors (Lipinski definition) is 2. The molecule has 0 atom stereocenters. The molecular formula is C30H33N5O2. The first kappa shape index (κ1) is 24.7. The van der Waals surface area contributed by atoms with Crippen molar-refractivity contribution in [2.24, 2.45) is 0 Å². The molecule has 2 aromatic carbocycles. The molecule has 2 N–H and O–H groups in total. The van der Waals surface area contributed by atoms with Crippen LogP contribution in [0.25, 0.3) is 10.9 Å². The van der Waals surface area contributed by atoms with Crippen LogP contribution in [0, 0.1) is 0 Å². The summed E-state index contributed by atoms with van der Waals surface area (Å²) in [5.41, 5.74) is 8.20. The number of fused-ring (bicyclic) bond motifs is 1. The predicted octanol–water partition coefficient (Wildman–Crippen LogP) is 4.88. The third kappa shape index (κ3) is 5.42. The van der Waals surface area contributed by atoms with Gasteiger partial charge in [-0.2, -0.15) is 0 Å². The Labute approximate surface area is 217 Å². The molecule has 3 heterocycles. The van der Waals surface area contributed by atoms with Gasteiger partial charge in [0.05, 0.1) is 11.1 Å². The first-order valence-corrected chi connectivity index (χ1v) is 12.9. The number of pyridine rings is 1. The Balaban J connectivity index is 1.57. The van der Waals surface area contributed by atoms with Crippen molar-refractivity contribution in [1.29, 1.82) is 0 Å². The maximum Gasteiger partial charge on any atom is 0.265 e. The Morgan fingerprint density at radius 3 is 2.41 bits per heavy atom. The number of carbonyl (C=O) groups is 2. The maximum absolute atomic E-state index is 13.6. The van der Waals surface area contributed by atoms with Gasteiger partial charge in [-0.3, -0.25) is 20.0 Å². The van der Waals surface area contributed by atoms with E-state index in [0.717, 1.165) is 53.7 Å². The van der Waals surface area contributed by atoms with Crippen molar-refractivity contribution >= 4 is 22.7 Å². The van der Waals surface area contributed by atoms with Crippen LogP contribution in [0.15, 0.2) is 73.1 Å².